The maximum atomic E-state index is 12.8. The molecule has 0 bridgehead atoms. The molecular weight excluding hydrogens is 329 g/mol. The highest BCUT2D eigenvalue weighted by molar-refractivity contribution is 7.17. The molecule has 1 amide bonds. The Labute approximate surface area is 134 Å². The van der Waals surface area contributed by atoms with Crippen LogP contribution in [0.5, 0.6) is 0 Å². The summed E-state index contributed by atoms with van der Waals surface area (Å²) in [7, 11) is 0. The Morgan fingerprint density at radius 1 is 1.26 bits per heavy atom. The SMILES string of the molecule is Cc1c(-c2ccc(C(=O)N3CCCCC3)s2)noc1C(F)(F)F. The molecule has 3 heterocycles. The van der Waals surface area contributed by atoms with Crippen LogP contribution in [-0.2, 0) is 6.18 Å². The quantitative estimate of drug-likeness (QED) is 0.813. The first-order valence-corrected chi connectivity index (χ1v) is 8.12. The van der Waals surface area contributed by atoms with Crippen LogP contribution in [0.25, 0.3) is 10.6 Å². The van der Waals surface area contributed by atoms with Crippen molar-refractivity contribution >= 4 is 17.2 Å². The largest absolute Gasteiger partial charge is 0.452 e. The molecule has 1 aliphatic heterocycles. The average Bonchev–Trinajstić information content (AvgIpc) is 3.13. The maximum absolute atomic E-state index is 12.8. The normalized spacial score (nSPS) is 15.9. The Bertz CT molecular complexity index is 715. The van der Waals surface area contributed by atoms with Crippen molar-refractivity contribution in [2.45, 2.75) is 32.4 Å². The number of hydrogen-bond acceptors (Lipinski definition) is 4. The average molecular weight is 344 g/mol. The number of aromatic nitrogens is 1. The summed E-state index contributed by atoms with van der Waals surface area (Å²) in [4.78, 5) is 15.2. The third-order valence-corrected chi connectivity index (χ3v) is 4.95. The fourth-order valence-electron chi connectivity index (χ4n) is 2.66. The summed E-state index contributed by atoms with van der Waals surface area (Å²) < 4.78 is 42.7. The zero-order valence-corrected chi connectivity index (χ0v) is 13.3. The van der Waals surface area contributed by atoms with Crippen LogP contribution in [0.4, 0.5) is 13.2 Å². The third kappa shape index (κ3) is 3.12. The molecule has 0 N–H and O–H groups in total. The van der Waals surface area contributed by atoms with Gasteiger partial charge < -0.3 is 9.42 Å². The highest BCUT2D eigenvalue weighted by atomic mass is 32.1. The van der Waals surface area contributed by atoms with Crippen LogP contribution >= 0.6 is 11.3 Å². The highest BCUT2D eigenvalue weighted by Crippen LogP contribution is 2.38. The Balaban J connectivity index is 1.85. The van der Waals surface area contributed by atoms with E-state index < -0.39 is 11.9 Å². The minimum absolute atomic E-state index is 0.0590. The first kappa shape index (κ1) is 16.0. The van der Waals surface area contributed by atoms with Gasteiger partial charge in [-0.1, -0.05) is 5.16 Å². The molecule has 1 saturated heterocycles. The number of piperidine rings is 1. The molecule has 0 unspecified atom stereocenters. The summed E-state index contributed by atoms with van der Waals surface area (Å²) in [6, 6.07) is 3.26. The van der Waals surface area contributed by atoms with Crippen LogP contribution in [0.2, 0.25) is 0 Å². The number of halogens is 3. The number of nitrogens with zero attached hydrogens (tertiary/aromatic N) is 2. The van der Waals surface area contributed by atoms with Gasteiger partial charge in [-0.3, -0.25) is 4.79 Å². The topological polar surface area (TPSA) is 46.3 Å². The van der Waals surface area contributed by atoms with Crippen LogP contribution < -0.4 is 0 Å². The first-order chi connectivity index (χ1) is 10.9. The monoisotopic (exact) mass is 344 g/mol. The number of alkyl halides is 3. The van der Waals surface area contributed by atoms with Crippen molar-refractivity contribution in [3.05, 3.63) is 28.3 Å². The molecule has 23 heavy (non-hydrogen) atoms. The van der Waals surface area contributed by atoms with Crippen molar-refractivity contribution in [2.24, 2.45) is 0 Å². The van der Waals surface area contributed by atoms with Gasteiger partial charge >= 0.3 is 6.18 Å². The minimum atomic E-state index is -4.57. The molecule has 8 heteroatoms. The standard InChI is InChI=1S/C15H15F3N2O2S/c1-9-12(19-22-13(9)15(16,17)18)10-5-6-11(23-10)14(21)20-7-3-2-4-8-20/h5-6H,2-4,7-8H2,1H3. The van der Waals surface area contributed by atoms with Crippen LogP contribution in [0.1, 0.15) is 40.3 Å². The van der Waals surface area contributed by atoms with Gasteiger partial charge in [-0.15, -0.1) is 11.3 Å². The lowest BCUT2D eigenvalue weighted by atomic mass is 10.1. The molecule has 0 aliphatic carbocycles. The van der Waals surface area contributed by atoms with E-state index in [2.05, 4.69) is 9.68 Å². The molecule has 3 rings (SSSR count). The summed E-state index contributed by atoms with van der Waals surface area (Å²) in [5, 5.41) is 3.53. The minimum Gasteiger partial charge on any atom is -0.351 e. The molecule has 2 aromatic heterocycles. The number of carbonyl (C=O) groups excluding carboxylic acids is 1. The second kappa shape index (κ2) is 5.99. The number of amides is 1. The van der Waals surface area contributed by atoms with Gasteiger partial charge in [0.1, 0.15) is 5.69 Å². The Morgan fingerprint density at radius 3 is 2.57 bits per heavy atom. The number of carbonyl (C=O) groups is 1. The number of thiophene rings is 1. The second-order valence-electron chi connectivity index (χ2n) is 5.50. The molecule has 0 spiro atoms. The van der Waals surface area contributed by atoms with Gasteiger partial charge in [0.05, 0.1) is 9.75 Å². The Hall–Kier alpha value is -1.83. The van der Waals surface area contributed by atoms with Gasteiger partial charge in [0.15, 0.2) is 0 Å². The molecule has 0 aromatic carbocycles. The summed E-state index contributed by atoms with van der Waals surface area (Å²) in [6.07, 6.45) is -1.47. The maximum Gasteiger partial charge on any atom is 0.452 e. The molecule has 0 radical (unpaired) electrons. The van der Waals surface area contributed by atoms with Crippen LogP contribution in [-0.4, -0.2) is 29.1 Å². The van der Waals surface area contributed by atoms with E-state index in [-0.39, 0.29) is 17.2 Å². The lowest BCUT2D eigenvalue weighted by Gasteiger charge is -2.26. The van der Waals surface area contributed by atoms with Crippen molar-refractivity contribution in [3.8, 4) is 10.6 Å². The lowest BCUT2D eigenvalue weighted by molar-refractivity contribution is -0.156. The van der Waals surface area contributed by atoms with E-state index in [1.165, 1.54) is 6.92 Å². The van der Waals surface area contributed by atoms with Crippen LogP contribution in [0.15, 0.2) is 16.7 Å². The van der Waals surface area contributed by atoms with Crippen molar-refractivity contribution in [1.29, 1.82) is 0 Å². The number of hydrogen-bond donors (Lipinski definition) is 0. The van der Waals surface area contributed by atoms with E-state index in [0.717, 1.165) is 43.7 Å². The summed E-state index contributed by atoms with van der Waals surface area (Å²) in [5.41, 5.74) is 0.0799. The second-order valence-corrected chi connectivity index (χ2v) is 6.58. The Morgan fingerprint density at radius 2 is 1.96 bits per heavy atom. The van der Waals surface area contributed by atoms with E-state index in [4.69, 9.17) is 0 Å². The van der Waals surface area contributed by atoms with Gasteiger partial charge in [-0.25, -0.2) is 0 Å². The summed E-state index contributed by atoms with van der Waals surface area (Å²) >= 11 is 1.14. The van der Waals surface area contributed by atoms with Gasteiger partial charge in [0.2, 0.25) is 5.76 Å². The molecule has 2 aromatic rings. The highest BCUT2D eigenvalue weighted by Gasteiger charge is 2.39. The number of likely N-dealkylation sites (tertiary alicyclic amines) is 1. The summed E-state index contributed by atoms with van der Waals surface area (Å²) in [6.45, 7) is 2.78. The number of rotatable bonds is 2. The molecule has 0 saturated carbocycles. The van der Waals surface area contributed by atoms with Crippen LogP contribution in [0.3, 0.4) is 0 Å². The predicted molar refractivity (Wildman–Crippen MR) is 79.3 cm³/mol. The molecular formula is C15H15F3N2O2S. The van der Waals surface area contributed by atoms with E-state index in [1.54, 1.807) is 17.0 Å². The van der Waals surface area contributed by atoms with E-state index >= 15 is 0 Å². The Kier molecular flexibility index (Phi) is 4.18. The fourth-order valence-corrected chi connectivity index (χ4v) is 3.68. The summed E-state index contributed by atoms with van der Waals surface area (Å²) in [5.74, 6) is -1.16. The van der Waals surface area contributed by atoms with Gasteiger partial charge in [-0.2, -0.15) is 13.2 Å². The zero-order valence-electron chi connectivity index (χ0n) is 12.4. The molecule has 1 aliphatic rings. The molecule has 4 nitrogen and oxygen atoms in total. The molecule has 124 valence electrons. The van der Waals surface area contributed by atoms with Crippen molar-refractivity contribution < 1.29 is 22.5 Å². The molecule has 1 fully saturated rings. The van der Waals surface area contributed by atoms with Crippen LogP contribution in [0, 0.1) is 6.92 Å². The zero-order chi connectivity index (χ0) is 16.6. The van der Waals surface area contributed by atoms with E-state index in [0.29, 0.717) is 9.75 Å². The predicted octanol–water partition coefficient (Wildman–Crippen LogP) is 4.36. The van der Waals surface area contributed by atoms with Crippen molar-refractivity contribution in [1.82, 2.24) is 10.1 Å². The van der Waals surface area contributed by atoms with Gasteiger partial charge in [0.25, 0.3) is 5.91 Å². The third-order valence-electron chi connectivity index (χ3n) is 3.87. The van der Waals surface area contributed by atoms with E-state index in [9.17, 15) is 18.0 Å². The smallest absolute Gasteiger partial charge is 0.351 e. The van der Waals surface area contributed by atoms with Crippen molar-refractivity contribution in [3.63, 3.8) is 0 Å². The van der Waals surface area contributed by atoms with E-state index in [1.807, 2.05) is 0 Å². The molecule has 0 atom stereocenters. The van der Waals surface area contributed by atoms with Gasteiger partial charge in [0, 0.05) is 18.7 Å². The van der Waals surface area contributed by atoms with Gasteiger partial charge in [-0.05, 0) is 38.3 Å². The lowest BCUT2D eigenvalue weighted by Crippen LogP contribution is -2.35. The first-order valence-electron chi connectivity index (χ1n) is 7.31. The van der Waals surface area contributed by atoms with Crippen molar-refractivity contribution in [2.75, 3.05) is 13.1 Å². The fraction of sp³-hybridized carbons (Fsp3) is 0.467.